The fraction of sp³-hybridized carbons (Fsp3) is 0.211. The van der Waals surface area contributed by atoms with Gasteiger partial charge in [0, 0.05) is 15.6 Å². The molecule has 2 aromatic carbocycles. The highest BCUT2D eigenvalue weighted by atomic mass is 35.5. The molecule has 0 saturated heterocycles. The number of carbonyl (C=O) groups is 1. The lowest BCUT2D eigenvalue weighted by atomic mass is 10.1. The first-order valence-electron chi connectivity index (χ1n) is 8.60. The highest BCUT2D eigenvalue weighted by molar-refractivity contribution is 7.99. The molecule has 0 unspecified atom stereocenters. The van der Waals surface area contributed by atoms with Crippen molar-refractivity contribution < 1.29 is 18.7 Å². The van der Waals surface area contributed by atoms with Gasteiger partial charge in [0.1, 0.15) is 0 Å². The number of nitrogens with one attached hydrogen (secondary N) is 1. The van der Waals surface area contributed by atoms with Gasteiger partial charge in [0.25, 0.3) is 5.22 Å². The summed E-state index contributed by atoms with van der Waals surface area (Å²) in [5.41, 5.74) is 1.50. The lowest BCUT2D eigenvalue weighted by Crippen LogP contribution is -2.28. The van der Waals surface area contributed by atoms with E-state index in [1.165, 1.54) is 0 Å². The van der Waals surface area contributed by atoms with E-state index < -0.39 is 0 Å². The van der Waals surface area contributed by atoms with Crippen LogP contribution in [0.25, 0.3) is 11.5 Å². The molecule has 1 N–H and O–H groups in total. The van der Waals surface area contributed by atoms with Crippen molar-refractivity contribution >= 4 is 40.9 Å². The smallest absolute Gasteiger partial charge is 0.277 e. The number of amides is 1. The molecular weight excluding hydrogens is 437 g/mol. The zero-order chi connectivity index (χ0) is 20.4. The summed E-state index contributed by atoms with van der Waals surface area (Å²) in [7, 11) is 0. The lowest BCUT2D eigenvalue weighted by molar-refractivity contribution is -0.119. The predicted octanol–water partition coefficient (Wildman–Crippen LogP) is 4.74. The van der Waals surface area contributed by atoms with Crippen LogP contribution in [0.3, 0.4) is 0 Å². The molecule has 2 heterocycles. The molecule has 4 rings (SSSR count). The summed E-state index contributed by atoms with van der Waals surface area (Å²) in [6.07, 6.45) is 0. The van der Waals surface area contributed by atoms with E-state index >= 15 is 0 Å². The first-order valence-corrected chi connectivity index (χ1v) is 10.3. The quantitative estimate of drug-likeness (QED) is 0.541. The van der Waals surface area contributed by atoms with Crippen molar-refractivity contribution in [1.82, 2.24) is 15.5 Å². The number of carbonyl (C=O) groups excluding carboxylic acids is 1. The largest absolute Gasteiger partial charge is 0.454 e. The van der Waals surface area contributed by atoms with Crippen LogP contribution in [0, 0.1) is 0 Å². The first-order chi connectivity index (χ1) is 14.0. The Morgan fingerprint density at radius 3 is 2.83 bits per heavy atom. The summed E-state index contributed by atoms with van der Waals surface area (Å²) >= 11 is 13.2. The van der Waals surface area contributed by atoms with Gasteiger partial charge in [0.05, 0.1) is 11.8 Å². The molecule has 0 fully saturated rings. The summed E-state index contributed by atoms with van der Waals surface area (Å²) < 4.78 is 16.3. The van der Waals surface area contributed by atoms with E-state index in [1.54, 1.807) is 36.4 Å². The second-order valence-electron chi connectivity index (χ2n) is 6.18. The second-order valence-corrected chi connectivity index (χ2v) is 7.96. The summed E-state index contributed by atoms with van der Waals surface area (Å²) in [6.45, 7) is 2.04. The molecule has 1 atom stereocenters. The van der Waals surface area contributed by atoms with Gasteiger partial charge in [-0.15, -0.1) is 10.2 Å². The van der Waals surface area contributed by atoms with Crippen molar-refractivity contribution in [3.8, 4) is 23.0 Å². The van der Waals surface area contributed by atoms with Crippen LogP contribution in [-0.4, -0.2) is 28.7 Å². The van der Waals surface area contributed by atoms with Gasteiger partial charge in [0.15, 0.2) is 11.5 Å². The molecule has 1 amide bonds. The Morgan fingerprint density at radius 2 is 2.00 bits per heavy atom. The van der Waals surface area contributed by atoms with Crippen molar-refractivity contribution in [3.63, 3.8) is 0 Å². The fourth-order valence-electron chi connectivity index (χ4n) is 2.76. The van der Waals surface area contributed by atoms with Crippen LogP contribution in [-0.2, 0) is 4.79 Å². The number of benzene rings is 2. The van der Waals surface area contributed by atoms with Crippen LogP contribution >= 0.6 is 35.0 Å². The van der Waals surface area contributed by atoms with Gasteiger partial charge in [0.2, 0.25) is 18.6 Å². The molecule has 1 aliphatic rings. The molecule has 29 heavy (non-hydrogen) atoms. The lowest BCUT2D eigenvalue weighted by Gasteiger charge is -2.15. The van der Waals surface area contributed by atoms with Gasteiger partial charge in [-0.1, -0.05) is 41.0 Å². The molecule has 0 saturated carbocycles. The maximum atomic E-state index is 12.3. The number of hydrogen-bond donors (Lipinski definition) is 1. The highest BCUT2D eigenvalue weighted by Gasteiger charge is 2.18. The Morgan fingerprint density at radius 1 is 1.17 bits per heavy atom. The van der Waals surface area contributed by atoms with E-state index in [1.807, 2.05) is 6.92 Å². The van der Waals surface area contributed by atoms with Crippen molar-refractivity contribution in [2.75, 3.05) is 12.5 Å². The van der Waals surface area contributed by atoms with Gasteiger partial charge in [-0.05, 0) is 42.8 Å². The molecule has 0 aliphatic carbocycles. The van der Waals surface area contributed by atoms with E-state index in [4.69, 9.17) is 37.1 Å². The normalized spacial score (nSPS) is 13.3. The topological polar surface area (TPSA) is 86.5 Å². The van der Waals surface area contributed by atoms with Crippen LogP contribution in [0.15, 0.2) is 46.0 Å². The summed E-state index contributed by atoms with van der Waals surface area (Å²) in [5.74, 6) is 1.58. The van der Waals surface area contributed by atoms with Crippen molar-refractivity contribution in [2.24, 2.45) is 0 Å². The molecule has 150 valence electrons. The Hall–Kier alpha value is -2.42. The molecule has 0 radical (unpaired) electrons. The van der Waals surface area contributed by atoms with Crippen molar-refractivity contribution in [2.45, 2.75) is 18.2 Å². The molecule has 1 aromatic heterocycles. The van der Waals surface area contributed by atoms with E-state index in [9.17, 15) is 4.79 Å². The minimum absolute atomic E-state index is 0.123. The third-order valence-electron chi connectivity index (χ3n) is 4.16. The number of rotatable bonds is 6. The first kappa shape index (κ1) is 19.9. The minimum atomic E-state index is -0.264. The zero-order valence-corrected chi connectivity index (χ0v) is 17.5. The number of thioether (sulfide) groups is 1. The van der Waals surface area contributed by atoms with Crippen LogP contribution < -0.4 is 14.8 Å². The molecule has 7 nitrogen and oxygen atoms in total. The number of ether oxygens (including phenoxy) is 2. The van der Waals surface area contributed by atoms with Crippen molar-refractivity contribution in [1.29, 1.82) is 0 Å². The molecule has 0 spiro atoms. The van der Waals surface area contributed by atoms with E-state index in [0.29, 0.717) is 38.2 Å². The van der Waals surface area contributed by atoms with E-state index in [0.717, 1.165) is 17.3 Å². The Labute approximate surface area is 180 Å². The van der Waals surface area contributed by atoms with Gasteiger partial charge >= 0.3 is 0 Å². The fourth-order valence-corrected chi connectivity index (χ4v) is 3.90. The Balaban J connectivity index is 1.34. The maximum Gasteiger partial charge on any atom is 0.277 e. The minimum Gasteiger partial charge on any atom is -0.454 e. The van der Waals surface area contributed by atoms with Gasteiger partial charge < -0.3 is 19.2 Å². The molecular formula is C19H15Cl2N3O4S. The van der Waals surface area contributed by atoms with Crippen LogP contribution in [0.5, 0.6) is 11.5 Å². The molecule has 1 aliphatic heterocycles. The second kappa shape index (κ2) is 8.52. The SMILES string of the molecule is C[C@H](NC(=O)CSc1nnc(-c2ccc3c(c2)OCO3)o1)c1ccc(Cl)cc1Cl. The number of aromatic nitrogens is 2. The van der Waals surface area contributed by atoms with E-state index in [2.05, 4.69) is 15.5 Å². The molecule has 10 heteroatoms. The monoisotopic (exact) mass is 451 g/mol. The molecule has 3 aromatic rings. The summed E-state index contributed by atoms with van der Waals surface area (Å²) in [5, 5.41) is 12.2. The number of hydrogen-bond acceptors (Lipinski definition) is 7. The van der Waals surface area contributed by atoms with Crippen molar-refractivity contribution in [3.05, 3.63) is 52.0 Å². The summed E-state index contributed by atoms with van der Waals surface area (Å²) in [6, 6.07) is 10.3. The Bertz CT molecular complexity index is 1060. The summed E-state index contributed by atoms with van der Waals surface area (Å²) in [4.78, 5) is 12.3. The zero-order valence-electron chi connectivity index (χ0n) is 15.1. The number of fused-ring (bicyclic) bond motifs is 1. The van der Waals surface area contributed by atoms with Crippen LogP contribution in [0.4, 0.5) is 0 Å². The Kier molecular flexibility index (Phi) is 5.84. The predicted molar refractivity (Wildman–Crippen MR) is 110 cm³/mol. The van der Waals surface area contributed by atoms with Crippen LogP contribution in [0.2, 0.25) is 10.0 Å². The average molecular weight is 452 g/mol. The molecule has 0 bridgehead atoms. The number of nitrogens with zero attached hydrogens (tertiary/aromatic N) is 2. The maximum absolute atomic E-state index is 12.3. The third kappa shape index (κ3) is 4.60. The number of halogens is 2. The van der Waals surface area contributed by atoms with E-state index in [-0.39, 0.29) is 24.5 Å². The standard InChI is InChI=1S/C19H15Cl2N3O4S/c1-10(13-4-3-12(20)7-14(13)21)22-17(25)8-29-19-24-23-18(28-19)11-2-5-15-16(6-11)27-9-26-15/h2-7,10H,8-9H2,1H3,(H,22,25)/t10-/m0/s1. The average Bonchev–Trinajstić information content (AvgIpc) is 3.35. The third-order valence-corrected chi connectivity index (χ3v) is 5.54. The van der Waals surface area contributed by atoms with Gasteiger partial charge in [-0.2, -0.15) is 0 Å². The van der Waals surface area contributed by atoms with Gasteiger partial charge in [-0.25, -0.2) is 0 Å². The van der Waals surface area contributed by atoms with Gasteiger partial charge in [-0.3, -0.25) is 4.79 Å². The highest BCUT2D eigenvalue weighted by Crippen LogP contribution is 2.36. The van der Waals surface area contributed by atoms with Crippen LogP contribution in [0.1, 0.15) is 18.5 Å².